The lowest BCUT2D eigenvalue weighted by Crippen LogP contribution is -2.64. The van der Waals surface area contributed by atoms with Gasteiger partial charge in [-0.05, 0) is 38.5 Å². The Morgan fingerprint density at radius 3 is 1.30 bits per heavy atom. The molecule has 1 aliphatic rings. The second-order valence-electron chi connectivity index (χ2n) is 17.0. The average molecular weight is 927 g/mol. The summed E-state index contributed by atoms with van der Waals surface area (Å²) in [5.74, 6) is -1.24. The molecule has 1 fully saturated rings. The van der Waals surface area contributed by atoms with Crippen LogP contribution >= 0.6 is 7.82 Å². The van der Waals surface area contributed by atoms with Crippen molar-refractivity contribution in [3.05, 3.63) is 60.8 Å². The maximum absolute atomic E-state index is 12.8. The van der Waals surface area contributed by atoms with Gasteiger partial charge in [-0.25, -0.2) is 4.57 Å². The van der Waals surface area contributed by atoms with Crippen LogP contribution in [-0.4, -0.2) is 98.3 Å². The molecule has 0 spiro atoms. The number of allylic oxidation sites excluding steroid dienone is 9. The van der Waals surface area contributed by atoms with Crippen molar-refractivity contribution >= 4 is 19.8 Å². The Hall–Kier alpha value is -2.45. The molecule has 0 radical (unpaired) electrons. The largest absolute Gasteiger partial charge is 0.472 e. The number of carbonyl (C=O) groups is 2. The van der Waals surface area contributed by atoms with Gasteiger partial charge in [-0.3, -0.25) is 18.6 Å². The molecule has 0 bridgehead atoms. The van der Waals surface area contributed by atoms with Crippen LogP contribution in [-0.2, 0) is 32.7 Å². The number of hydrogen-bond donors (Lipinski definition) is 6. The van der Waals surface area contributed by atoms with E-state index >= 15 is 0 Å². The second-order valence-corrected chi connectivity index (χ2v) is 18.4. The van der Waals surface area contributed by atoms with Crippen molar-refractivity contribution in [3.8, 4) is 0 Å². The Balaban J connectivity index is 2.45. The van der Waals surface area contributed by atoms with Crippen LogP contribution in [0.25, 0.3) is 0 Å². The lowest BCUT2D eigenvalue weighted by molar-refractivity contribution is -0.220. The molecule has 0 saturated heterocycles. The molecule has 6 unspecified atom stereocenters. The number of phosphoric ester groups is 1. The van der Waals surface area contributed by atoms with Crippen molar-refractivity contribution in [2.24, 2.45) is 0 Å². The van der Waals surface area contributed by atoms with Crippen LogP contribution in [0.2, 0.25) is 0 Å². The summed E-state index contributed by atoms with van der Waals surface area (Å²) < 4.78 is 33.4. The summed E-state index contributed by atoms with van der Waals surface area (Å²) in [7, 11) is -5.15. The van der Waals surface area contributed by atoms with Crippen LogP contribution in [0.1, 0.15) is 187 Å². The standard InChI is InChI=1S/C50H87O13P/c1-3-5-7-9-11-13-15-17-19-20-21-22-23-25-26-28-30-32-34-36-38-43(51)60-40-42(41-61-64(58,59)63-50-48(56)46(54)45(53)47(55)49(50)57)62-44(52)39-37-35-33-31-29-27-24-18-16-14-12-10-8-6-4-2/h6,8,12,14,18,24,29,31,35,37,42,45-50,53-57H,3-5,7,9-11,13,15-17,19-23,25-28,30,32-34,36,38-41H2,1-2H3,(H,58,59)/b8-6-,14-12-,24-18-,31-29-,37-35-. The monoisotopic (exact) mass is 927 g/mol. The Morgan fingerprint density at radius 1 is 0.500 bits per heavy atom. The predicted octanol–water partition coefficient (Wildman–Crippen LogP) is 10.1. The molecule has 6 atom stereocenters. The molecule has 0 amide bonds. The fourth-order valence-corrected chi connectivity index (χ4v) is 8.22. The summed E-state index contributed by atoms with van der Waals surface area (Å²) >= 11 is 0. The topological polar surface area (TPSA) is 210 Å². The van der Waals surface area contributed by atoms with Gasteiger partial charge in [0.1, 0.15) is 43.2 Å². The number of rotatable bonds is 40. The van der Waals surface area contributed by atoms with Crippen LogP contribution in [0.3, 0.4) is 0 Å². The van der Waals surface area contributed by atoms with Crippen molar-refractivity contribution in [3.63, 3.8) is 0 Å². The molecule has 14 heteroatoms. The summed E-state index contributed by atoms with van der Waals surface area (Å²) in [6.07, 6.45) is 36.0. The molecule has 0 aromatic rings. The molecule has 1 rings (SSSR count). The molecular weight excluding hydrogens is 840 g/mol. The molecule has 6 N–H and O–H groups in total. The SMILES string of the molecule is CC/C=C\C/C=C\C/C=C\C/C=C\C/C=C\CC(=O)OC(COC(=O)CCCCCCCCCCCCCCCCCCCCCC)COP(=O)(O)OC1C(O)C(O)C(O)C(O)C1O. The molecular formula is C50H87O13P. The maximum atomic E-state index is 12.8. The average Bonchev–Trinajstić information content (AvgIpc) is 3.28. The van der Waals surface area contributed by atoms with Gasteiger partial charge in [0, 0.05) is 6.42 Å². The van der Waals surface area contributed by atoms with Gasteiger partial charge in [-0.1, -0.05) is 197 Å². The third kappa shape index (κ3) is 31.5. The first kappa shape index (κ1) is 59.6. The third-order valence-electron chi connectivity index (χ3n) is 11.2. The first-order chi connectivity index (χ1) is 30.9. The molecule has 13 nitrogen and oxygen atoms in total. The van der Waals surface area contributed by atoms with Gasteiger partial charge in [0.05, 0.1) is 13.0 Å². The molecule has 1 saturated carbocycles. The minimum atomic E-state index is -5.15. The fraction of sp³-hybridized carbons (Fsp3) is 0.760. The number of unbranched alkanes of at least 4 members (excludes halogenated alkanes) is 19. The number of hydrogen-bond acceptors (Lipinski definition) is 12. The zero-order valence-corrected chi connectivity index (χ0v) is 40.2. The zero-order valence-electron chi connectivity index (χ0n) is 39.3. The van der Waals surface area contributed by atoms with E-state index in [0.29, 0.717) is 12.8 Å². The number of ether oxygens (including phenoxy) is 2. The Kier molecular flexibility index (Phi) is 36.9. The van der Waals surface area contributed by atoms with E-state index in [0.717, 1.165) is 44.9 Å². The smallest absolute Gasteiger partial charge is 0.462 e. The Morgan fingerprint density at radius 2 is 0.875 bits per heavy atom. The Bertz CT molecular complexity index is 1350. The van der Waals surface area contributed by atoms with Crippen LogP contribution in [0.15, 0.2) is 60.8 Å². The molecule has 1 aliphatic carbocycles. The molecule has 64 heavy (non-hydrogen) atoms. The lowest BCUT2D eigenvalue weighted by atomic mass is 9.85. The Labute approximate surface area is 385 Å². The van der Waals surface area contributed by atoms with Crippen LogP contribution in [0, 0.1) is 0 Å². The van der Waals surface area contributed by atoms with E-state index in [-0.39, 0.29) is 12.8 Å². The molecule has 0 aromatic heterocycles. The van der Waals surface area contributed by atoms with E-state index in [1.54, 1.807) is 12.2 Å². The van der Waals surface area contributed by atoms with Gasteiger partial charge in [0.15, 0.2) is 6.10 Å². The molecule has 0 aliphatic heterocycles. The number of phosphoric acid groups is 1. The number of esters is 2. The van der Waals surface area contributed by atoms with E-state index < -0.39 is 75.7 Å². The number of aliphatic hydroxyl groups excluding tert-OH is 5. The quantitative estimate of drug-likeness (QED) is 0.0146. The molecule has 0 heterocycles. The van der Waals surface area contributed by atoms with Gasteiger partial charge in [0.25, 0.3) is 0 Å². The van der Waals surface area contributed by atoms with Crippen LogP contribution in [0.4, 0.5) is 0 Å². The minimum absolute atomic E-state index is 0.136. The summed E-state index contributed by atoms with van der Waals surface area (Å²) in [6, 6.07) is 0. The number of aliphatic hydroxyl groups is 5. The summed E-state index contributed by atoms with van der Waals surface area (Å²) in [6.45, 7) is 3.12. The highest BCUT2D eigenvalue weighted by Crippen LogP contribution is 2.47. The second kappa shape index (κ2) is 39.7. The van der Waals surface area contributed by atoms with Crippen molar-refractivity contribution in [1.29, 1.82) is 0 Å². The van der Waals surface area contributed by atoms with E-state index in [2.05, 4.69) is 50.3 Å². The highest BCUT2D eigenvalue weighted by atomic mass is 31.2. The van der Waals surface area contributed by atoms with Crippen LogP contribution in [0.5, 0.6) is 0 Å². The maximum Gasteiger partial charge on any atom is 0.472 e. The van der Waals surface area contributed by atoms with E-state index in [9.17, 15) is 44.6 Å². The summed E-state index contributed by atoms with van der Waals surface area (Å²) in [5.41, 5.74) is 0. The van der Waals surface area contributed by atoms with E-state index in [4.69, 9.17) is 18.5 Å². The summed E-state index contributed by atoms with van der Waals surface area (Å²) in [4.78, 5) is 35.7. The van der Waals surface area contributed by atoms with E-state index in [1.807, 2.05) is 12.2 Å². The van der Waals surface area contributed by atoms with Gasteiger partial charge in [-0.15, -0.1) is 0 Å². The van der Waals surface area contributed by atoms with Crippen molar-refractivity contribution < 1.29 is 63.1 Å². The van der Waals surface area contributed by atoms with E-state index in [1.165, 1.54) is 103 Å². The fourth-order valence-electron chi connectivity index (χ4n) is 7.25. The highest BCUT2D eigenvalue weighted by molar-refractivity contribution is 7.47. The first-order valence-electron chi connectivity index (χ1n) is 24.6. The van der Waals surface area contributed by atoms with Gasteiger partial charge in [-0.2, -0.15) is 0 Å². The number of carbonyl (C=O) groups excluding carboxylic acids is 2. The van der Waals surface area contributed by atoms with Crippen molar-refractivity contribution in [2.45, 2.75) is 230 Å². The van der Waals surface area contributed by atoms with Gasteiger partial charge in [0.2, 0.25) is 0 Å². The van der Waals surface area contributed by atoms with Gasteiger partial charge < -0.3 is 39.9 Å². The minimum Gasteiger partial charge on any atom is -0.462 e. The summed E-state index contributed by atoms with van der Waals surface area (Å²) in [5, 5.41) is 50.2. The lowest BCUT2D eigenvalue weighted by Gasteiger charge is -2.41. The first-order valence-corrected chi connectivity index (χ1v) is 26.1. The zero-order chi connectivity index (χ0) is 47.1. The molecule has 0 aromatic carbocycles. The molecule has 370 valence electrons. The van der Waals surface area contributed by atoms with Crippen molar-refractivity contribution in [1.82, 2.24) is 0 Å². The predicted molar refractivity (Wildman–Crippen MR) is 253 cm³/mol. The van der Waals surface area contributed by atoms with Crippen LogP contribution < -0.4 is 0 Å². The normalized spacial score (nSPS) is 22.1. The van der Waals surface area contributed by atoms with Gasteiger partial charge >= 0.3 is 19.8 Å². The highest BCUT2D eigenvalue weighted by Gasteiger charge is 2.51. The van der Waals surface area contributed by atoms with Crippen molar-refractivity contribution in [2.75, 3.05) is 13.2 Å². The third-order valence-corrected chi connectivity index (χ3v) is 12.1.